The zero-order valence-corrected chi connectivity index (χ0v) is 20.6. The topological polar surface area (TPSA) is 85.0 Å². The fourth-order valence-electron chi connectivity index (χ4n) is 2.97. The number of rotatable bonds is 8. The van der Waals surface area contributed by atoms with Crippen molar-refractivity contribution in [3.05, 3.63) is 72.3 Å². The largest absolute Gasteiger partial charge is 0.493 e. The highest BCUT2D eigenvalue weighted by Gasteiger charge is 2.13. The number of nitrogens with one attached hydrogen (secondary N) is 4. The molecule has 0 atom stereocenters. The van der Waals surface area contributed by atoms with Crippen molar-refractivity contribution in [2.45, 2.75) is 6.61 Å². The molecule has 3 aromatic carbocycles. The fraction of sp³-hybridized carbons (Fsp3) is 0.167. The van der Waals surface area contributed by atoms with E-state index in [-0.39, 0.29) is 0 Å². The van der Waals surface area contributed by atoms with Gasteiger partial charge in [0.25, 0.3) is 0 Å². The molecule has 0 aromatic heterocycles. The summed E-state index contributed by atoms with van der Waals surface area (Å²) in [7, 11) is 4.64. The van der Waals surface area contributed by atoms with E-state index in [1.165, 1.54) is 0 Å². The lowest BCUT2D eigenvalue weighted by Crippen LogP contribution is -2.45. The first-order chi connectivity index (χ1) is 16.5. The molecular weight excluding hydrogens is 472 g/mol. The average molecular weight is 499 g/mol. The molecule has 4 N–H and O–H groups in total. The Balaban J connectivity index is 1.47. The maximum atomic E-state index is 5.80. The van der Waals surface area contributed by atoms with E-state index in [2.05, 4.69) is 21.5 Å². The molecule has 0 heterocycles. The second kappa shape index (κ2) is 12.5. The van der Waals surface area contributed by atoms with E-state index in [1.54, 1.807) is 33.5 Å². The van der Waals surface area contributed by atoms with Crippen LogP contribution in [0.3, 0.4) is 0 Å². The summed E-state index contributed by atoms with van der Waals surface area (Å²) >= 11 is 10.6. The molecule has 0 aliphatic rings. The van der Waals surface area contributed by atoms with Crippen molar-refractivity contribution in [3.63, 3.8) is 0 Å². The van der Waals surface area contributed by atoms with Crippen molar-refractivity contribution >= 4 is 46.0 Å². The minimum absolute atomic E-state index is 0.295. The first-order valence-electron chi connectivity index (χ1n) is 10.2. The van der Waals surface area contributed by atoms with Gasteiger partial charge >= 0.3 is 0 Å². The van der Waals surface area contributed by atoms with E-state index in [9.17, 15) is 0 Å². The van der Waals surface area contributed by atoms with Gasteiger partial charge in [-0.3, -0.25) is 10.9 Å². The molecule has 0 fully saturated rings. The van der Waals surface area contributed by atoms with Crippen molar-refractivity contribution < 1.29 is 18.9 Å². The van der Waals surface area contributed by atoms with E-state index in [1.807, 2.05) is 54.6 Å². The molecule has 0 saturated heterocycles. The Morgan fingerprint density at radius 3 is 1.79 bits per heavy atom. The maximum Gasteiger partial charge on any atom is 0.203 e. The van der Waals surface area contributed by atoms with Gasteiger partial charge in [-0.05, 0) is 54.3 Å². The van der Waals surface area contributed by atoms with E-state index in [0.717, 1.165) is 17.0 Å². The van der Waals surface area contributed by atoms with Crippen LogP contribution in [0.4, 0.5) is 11.4 Å². The van der Waals surface area contributed by atoms with Gasteiger partial charge < -0.3 is 29.6 Å². The van der Waals surface area contributed by atoms with E-state index >= 15 is 0 Å². The summed E-state index contributed by atoms with van der Waals surface area (Å²) in [6.07, 6.45) is 0. The molecule has 0 aliphatic heterocycles. The Morgan fingerprint density at radius 2 is 1.26 bits per heavy atom. The van der Waals surface area contributed by atoms with Crippen LogP contribution >= 0.6 is 24.4 Å². The van der Waals surface area contributed by atoms with Gasteiger partial charge in [0.15, 0.2) is 21.7 Å². The molecule has 0 bridgehead atoms. The molecule has 178 valence electrons. The van der Waals surface area contributed by atoms with Crippen molar-refractivity contribution in [2.24, 2.45) is 0 Å². The van der Waals surface area contributed by atoms with Gasteiger partial charge in [-0.25, -0.2) is 0 Å². The van der Waals surface area contributed by atoms with Crippen molar-refractivity contribution in [2.75, 3.05) is 32.0 Å². The maximum absolute atomic E-state index is 5.80. The normalized spacial score (nSPS) is 9.97. The average Bonchev–Trinajstić information content (AvgIpc) is 2.87. The van der Waals surface area contributed by atoms with Crippen LogP contribution in [0.15, 0.2) is 66.7 Å². The Morgan fingerprint density at radius 1 is 0.706 bits per heavy atom. The second-order valence-corrected chi connectivity index (χ2v) is 7.69. The molecule has 10 heteroatoms. The van der Waals surface area contributed by atoms with Crippen LogP contribution in [0.2, 0.25) is 0 Å². The SMILES string of the molecule is COc1cc(NC(=S)NNC(=S)Nc2ccc(OCc3ccccc3)cc2)cc(OC)c1OC. The van der Waals surface area contributed by atoms with Crippen molar-refractivity contribution in [3.8, 4) is 23.0 Å². The highest BCUT2D eigenvalue weighted by molar-refractivity contribution is 7.81. The fourth-order valence-corrected chi connectivity index (χ4v) is 3.30. The number of hydrogen-bond acceptors (Lipinski definition) is 6. The zero-order chi connectivity index (χ0) is 24.3. The molecular formula is C24H26N4O4S2. The third-order valence-electron chi connectivity index (χ3n) is 4.57. The Hall–Kier alpha value is -3.76. The monoisotopic (exact) mass is 498 g/mol. The van der Waals surface area contributed by atoms with Gasteiger partial charge in [0.1, 0.15) is 12.4 Å². The van der Waals surface area contributed by atoms with Gasteiger partial charge in [0.2, 0.25) is 5.75 Å². The number of thiocarbonyl (C=S) groups is 2. The zero-order valence-electron chi connectivity index (χ0n) is 19.0. The molecule has 34 heavy (non-hydrogen) atoms. The van der Waals surface area contributed by atoms with Crippen LogP contribution in [0.1, 0.15) is 5.56 Å². The lowest BCUT2D eigenvalue weighted by atomic mass is 10.2. The standard InChI is InChI=1S/C24H26N4O4S2/c1-29-20-13-18(14-21(30-2)22(20)31-3)26-24(34)28-27-23(33)25-17-9-11-19(12-10-17)32-15-16-7-5-4-6-8-16/h4-14H,15H2,1-3H3,(H2,25,27,33)(H2,26,28,34). The van der Waals surface area contributed by atoms with Gasteiger partial charge in [-0.15, -0.1) is 0 Å². The van der Waals surface area contributed by atoms with Crippen LogP contribution in [0, 0.1) is 0 Å². The number of methoxy groups -OCH3 is 3. The summed E-state index contributed by atoms with van der Waals surface area (Å²) in [5, 5.41) is 6.74. The molecule has 0 saturated carbocycles. The van der Waals surface area contributed by atoms with Crippen molar-refractivity contribution in [1.29, 1.82) is 0 Å². The van der Waals surface area contributed by atoms with Crippen LogP contribution in [0.5, 0.6) is 23.0 Å². The predicted molar refractivity (Wildman–Crippen MR) is 142 cm³/mol. The summed E-state index contributed by atoms with van der Waals surface area (Å²) in [6.45, 7) is 0.508. The number of hydrogen-bond donors (Lipinski definition) is 4. The van der Waals surface area contributed by atoms with Gasteiger partial charge in [0, 0.05) is 23.5 Å². The Bertz CT molecular complexity index is 1090. The van der Waals surface area contributed by atoms with E-state index < -0.39 is 0 Å². The number of anilines is 2. The lowest BCUT2D eigenvalue weighted by Gasteiger charge is -2.17. The summed E-state index contributed by atoms with van der Waals surface area (Å²) in [4.78, 5) is 0. The third kappa shape index (κ3) is 7.12. The molecule has 3 rings (SSSR count). The van der Waals surface area contributed by atoms with Crippen LogP contribution in [-0.2, 0) is 6.61 Å². The molecule has 3 aromatic rings. The van der Waals surface area contributed by atoms with E-state index in [4.69, 9.17) is 43.4 Å². The summed E-state index contributed by atoms with van der Waals surface area (Å²) in [5.74, 6) is 2.28. The minimum Gasteiger partial charge on any atom is -0.493 e. The van der Waals surface area contributed by atoms with Gasteiger partial charge in [0.05, 0.1) is 21.3 Å². The summed E-state index contributed by atoms with van der Waals surface area (Å²) in [5.41, 5.74) is 8.23. The van der Waals surface area contributed by atoms with Gasteiger partial charge in [-0.2, -0.15) is 0 Å². The van der Waals surface area contributed by atoms with Crippen molar-refractivity contribution in [1.82, 2.24) is 10.9 Å². The summed E-state index contributed by atoms with van der Waals surface area (Å²) in [6, 6.07) is 21.0. The number of benzene rings is 3. The predicted octanol–water partition coefficient (Wildman–Crippen LogP) is 4.48. The lowest BCUT2D eigenvalue weighted by molar-refractivity contribution is 0.306. The van der Waals surface area contributed by atoms with Crippen LogP contribution in [-0.4, -0.2) is 31.6 Å². The molecule has 0 spiro atoms. The Labute approximate surface area is 209 Å². The van der Waals surface area contributed by atoms with Gasteiger partial charge in [-0.1, -0.05) is 30.3 Å². The summed E-state index contributed by atoms with van der Waals surface area (Å²) < 4.78 is 21.8. The smallest absolute Gasteiger partial charge is 0.203 e. The van der Waals surface area contributed by atoms with E-state index in [0.29, 0.717) is 39.8 Å². The highest BCUT2D eigenvalue weighted by atomic mass is 32.1. The highest BCUT2D eigenvalue weighted by Crippen LogP contribution is 2.39. The minimum atomic E-state index is 0.295. The molecule has 0 aliphatic carbocycles. The molecule has 0 unspecified atom stereocenters. The first kappa shape index (κ1) is 24.9. The number of ether oxygens (including phenoxy) is 4. The first-order valence-corrected chi connectivity index (χ1v) is 11.0. The van der Waals surface area contributed by atoms with Crippen LogP contribution < -0.4 is 40.4 Å². The van der Waals surface area contributed by atoms with Crippen LogP contribution in [0.25, 0.3) is 0 Å². The second-order valence-electron chi connectivity index (χ2n) is 6.87. The molecule has 0 amide bonds. The Kier molecular flexibility index (Phi) is 9.12. The number of hydrazine groups is 1. The quantitative estimate of drug-likeness (QED) is 0.264. The third-order valence-corrected chi connectivity index (χ3v) is 4.98. The molecule has 0 radical (unpaired) electrons. The molecule has 8 nitrogen and oxygen atoms in total.